The van der Waals surface area contributed by atoms with Crippen LogP contribution >= 0.6 is 23.1 Å². The third-order valence-corrected chi connectivity index (χ3v) is 11.9. The van der Waals surface area contributed by atoms with Gasteiger partial charge in [0.1, 0.15) is 5.75 Å². The molecule has 3 heterocycles. The quantitative estimate of drug-likeness (QED) is 0.268. The van der Waals surface area contributed by atoms with Crippen molar-refractivity contribution in [3.05, 3.63) is 62.6 Å². The molecule has 0 spiro atoms. The first kappa shape index (κ1) is 29.0. The highest BCUT2D eigenvalue weighted by atomic mass is 32.2. The molecule has 4 aliphatic rings. The van der Waals surface area contributed by atoms with E-state index in [1.807, 2.05) is 19.1 Å². The number of rotatable bonds is 9. The maximum absolute atomic E-state index is 14.0. The SMILES string of the molecule is CCOC(=O)COc1ccc([C@H]2c3sc(=O)[nH]c3SC3C2[C@H]2C[C@@H]3C3C(=O)N(c4ccc(OC)cc4)C(=O)C32)cc1OCC. The van der Waals surface area contributed by atoms with Crippen LogP contribution in [-0.2, 0) is 19.1 Å². The van der Waals surface area contributed by atoms with Crippen molar-refractivity contribution in [1.29, 1.82) is 0 Å². The van der Waals surface area contributed by atoms with E-state index in [0.717, 1.165) is 21.9 Å². The van der Waals surface area contributed by atoms with Crippen LogP contribution in [0.3, 0.4) is 0 Å². The van der Waals surface area contributed by atoms with Gasteiger partial charge in [0.05, 0.1) is 42.9 Å². The largest absolute Gasteiger partial charge is 0.497 e. The molecule has 44 heavy (non-hydrogen) atoms. The van der Waals surface area contributed by atoms with Crippen molar-refractivity contribution in [3.8, 4) is 17.2 Å². The summed E-state index contributed by atoms with van der Waals surface area (Å²) in [5, 5.41) is 0.895. The maximum Gasteiger partial charge on any atom is 0.344 e. The van der Waals surface area contributed by atoms with Crippen LogP contribution < -0.4 is 24.0 Å². The number of benzene rings is 2. The lowest BCUT2D eigenvalue weighted by molar-refractivity contribution is -0.145. The number of fused-ring (bicyclic) bond motifs is 9. The zero-order valence-corrected chi connectivity index (χ0v) is 26.1. The van der Waals surface area contributed by atoms with Gasteiger partial charge in [0.15, 0.2) is 18.1 Å². The number of aromatic amines is 1. The Hall–Kier alpha value is -3.77. The highest BCUT2D eigenvalue weighted by Crippen LogP contribution is 2.68. The summed E-state index contributed by atoms with van der Waals surface area (Å²) in [7, 11) is 1.58. The lowest BCUT2D eigenvalue weighted by Crippen LogP contribution is -2.42. The zero-order valence-electron chi connectivity index (χ0n) is 24.4. The van der Waals surface area contributed by atoms with Crippen LogP contribution in [0.25, 0.3) is 0 Å². The topological polar surface area (TPSA) is 124 Å². The zero-order chi connectivity index (χ0) is 30.7. The molecule has 0 radical (unpaired) electrons. The van der Waals surface area contributed by atoms with Gasteiger partial charge in [0.25, 0.3) is 0 Å². The number of hydrogen-bond acceptors (Lipinski definition) is 10. The van der Waals surface area contributed by atoms with Gasteiger partial charge >= 0.3 is 10.8 Å². The fourth-order valence-corrected chi connectivity index (χ4v) is 10.7. The highest BCUT2D eigenvalue weighted by Gasteiger charge is 2.69. The number of methoxy groups -OCH3 is 1. The molecule has 2 bridgehead atoms. The Bertz CT molecular complexity index is 1680. The number of thioether (sulfide) groups is 1. The molecule has 12 heteroatoms. The average Bonchev–Trinajstić information content (AvgIpc) is 3.75. The molecule has 7 atom stereocenters. The van der Waals surface area contributed by atoms with Gasteiger partial charge in [0, 0.05) is 16.0 Å². The molecular weight excluding hydrogens is 604 g/mol. The van der Waals surface area contributed by atoms with Crippen molar-refractivity contribution >= 4 is 46.6 Å². The summed E-state index contributed by atoms with van der Waals surface area (Å²) in [6, 6.07) is 12.7. The van der Waals surface area contributed by atoms with E-state index < -0.39 is 11.9 Å². The van der Waals surface area contributed by atoms with Crippen molar-refractivity contribution in [2.45, 2.75) is 36.5 Å². The lowest BCUT2D eigenvalue weighted by Gasteiger charge is -2.43. The molecule has 1 N–H and O–H groups in total. The molecule has 1 aromatic heterocycles. The van der Waals surface area contributed by atoms with E-state index >= 15 is 0 Å². The van der Waals surface area contributed by atoms with Gasteiger partial charge in [-0.3, -0.25) is 19.3 Å². The molecule has 2 aliphatic heterocycles. The second kappa shape index (κ2) is 11.3. The number of anilines is 1. The minimum absolute atomic E-state index is 0.0114. The summed E-state index contributed by atoms with van der Waals surface area (Å²) >= 11 is 2.85. The minimum atomic E-state index is -0.469. The predicted molar refractivity (Wildman–Crippen MR) is 164 cm³/mol. The Labute approximate surface area is 262 Å². The third-order valence-electron chi connectivity index (χ3n) is 9.33. The van der Waals surface area contributed by atoms with Crippen LogP contribution in [0, 0.1) is 29.6 Å². The maximum atomic E-state index is 14.0. The van der Waals surface area contributed by atoms with Gasteiger partial charge in [-0.1, -0.05) is 17.4 Å². The number of H-pyrrole nitrogens is 1. The second-order valence-electron chi connectivity index (χ2n) is 11.4. The van der Waals surface area contributed by atoms with E-state index in [9.17, 15) is 19.2 Å². The molecule has 3 aromatic rings. The van der Waals surface area contributed by atoms with Gasteiger partial charge in [-0.2, -0.15) is 0 Å². The Morgan fingerprint density at radius 1 is 0.955 bits per heavy atom. The number of nitrogens with zero attached hydrogens (tertiary/aromatic N) is 1. The van der Waals surface area contributed by atoms with E-state index in [1.165, 1.54) is 16.2 Å². The Morgan fingerprint density at radius 3 is 2.41 bits per heavy atom. The number of hydrogen-bond donors (Lipinski definition) is 1. The average molecular weight is 637 g/mol. The van der Waals surface area contributed by atoms with Gasteiger partial charge in [-0.05, 0) is 80.0 Å². The first-order valence-corrected chi connectivity index (χ1v) is 16.5. The Morgan fingerprint density at radius 2 is 1.70 bits per heavy atom. The van der Waals surface area contributed by atoms with Crippen molar-refractivity contribution in [3.63, 3.8) is 0 Å². The minimum Gasteiger partial charge on any atom is -0.497 e. The lowest BCUT2D eigenvalue weighted by atomic mass is 9.68. The van der Waals surface area contributed by atoms with E-state index in [2.05, 4.69) is 4.98 Å². The van der Waals surface area contributed by atoms with Gasteiger partial charge in [0.2, 0.25) is 11.8 Å². The molecule has 3 fully saturated rings. The van der Waals surface area contributed by atoms with Crippen LogP contribution in [0.1, 0.15) is 36.6 Å². The molecule has 2 aliphatic carbocycles. The number of carbonyl (C=O) groups is 3. The van der Waals surface area contributed by atoms with Crippen molar-refractivity contribution < 1.29 is 33.3 Å². The summed E-state index contributed by atoms with van der Waals surface area (Å²) in [4.78, 5) is 57.7. The molecule has 7 rings (SSSR count). The molecule has 2 aromatic carbocycles. The standard InChI is InChI=1S/C32H32N2O8S2/c1-4-40-21-12-15(6-11-20(21)42-14-22(35)41-5-2)23-24-18-13-19(27(24)43-29-28(23)44-32(38)33-29)26-25(18)30(36)34(31(26)37)16-7-9-17(39-3)10-8-16/h6-12,18-19,23-27H,4-5,13-14H2,1-3H3,(H,33,38)/t18-,19-,23-,24?,25?,26?,27?/m1/s1. The van der Waals surface area contributed by atoms with Crippen LogP contribution in [0.15, 0.2) is 52.3 Å². The molecule has 2 saturated carbocycles. The summed E-state index contributed by atoms with van der Waals surface area (Å²) in [5.74, 6) is -0.115. The summed E-state index contributed by atoms with van der Waals surface area (Å²) < 4.78 is 22.0. The molecule has 10 nitrogen and oxygen atoms in total. The van der Waals surface area contributed by atoms with Crippen molar-refractivity contribution in [1.82, 2.24) is 4.98 Å². The number of carbonyl (C=O) groups excluding carboxylic acids is 3. The number of ether oxygens (including phenoxy) is 4. The van der Waals surface area contributed by atoms with Gasteiger partial charge in [-0.25, -0.2) is 4.79 Å². The summed E-state index contributed by atoms with van der Waals surface area (Å²) in [6.07, 6.45) is 0.792. The Kier molecular flexibility index (Phi) is 7.44. The van der Waals surface area contributed by atoms with E-state index in [-0.39, 0.29) is 64.7 Å². The van der Waals surface area contributed by atoms with Crippen molar-refractivity contribution in [2.75, 3.05) is 31.8 Å². The predicted octanol–water partition coefficient (Wildman–Crippen LogP) is 4.46. The molecule has 2 amide bonds. The van der Waals surface area contributed by atoms with Crippen LogP contribution in [0.4, 0.5) is 5.69 Å². The summed E-state index contributed by atoms with van der Waals surface area (Å²) in [6.45, 7) is 4.02. The fraction of sp³-hybridized carbons (Fsp3) is 0.438. The monoisotopic (exact) mass is 636 g/mol. The van der Waals surface area contributed by atoms with Crippen LogP contribution in [-0.4, -0.2) is 54.9 Å². The molecule has 4 unspecified atom stereocenters. The van der Waals surface area contributed by atoms with Gasteiger partial charge in [-0.15, -0.1) is 11.8 Å². The summed E-state index contributed by atoms with van der Waals surface area (Å²) in [5.41, 5.74) is 1.50. The molecule has 230 valence electrons. The number of esters is 1. The smallest absolute Gasteiger partial charge is 0.344 e. The van der Waals surface area contributed by atoms with E-state index in [1.54, 1.807) is 56.1 Å². The Balaban J connectivity index is 1.25. The molecular formula is C32H32N2O8S2. The second-order valence-corrected chi connectivity index (χ2v) is 13.6. The van der Waals surface area contributed by atoms with Crippen LogP contribution in [0.5, 0.6) is 17.2 Å². The van der Waals surface area contributed by atoms with Gasteiger partial charge < -0.3 is 23.9 Å². The van der Waals surface area contributed by atoms with E-state index in [4.69, 9.17) is 18.9 Å². The number of imide groups is 1. The first-order chi connectivity index (χ1) is 21.3. The number of aromatic nitrogens is 1. The normalized spacial score (nSPS) is 28.0. The third kappa shape index (κ3) is 4.52. The fourth-order valence-electron chi connectivity index (χ4n) is 7.82. The van der Waals surface area contributed by atoms with Crippen LogP contribution in [0.2, 0.25) is 0 Å². The number of amides is 2. The molecule has 1 saturated heterocycles. The van der Waals surface area contributed by atoms with E-state index in [0.29, 0.717) is 29.5 Å². The highest BCUT2D eigenvalue weighted by molar-refractivity contribution is 8.00. The number of nitrogens with one attached hydrogen (secondary N) is 1. The van der Waals surface area contributed by atoms with Crippen molar-refractivity contribution in [2.24, 2.45) is 29.6 Å². The number of thiazole rings is 1. The first-order valence-electron chi connectivity index (χ1n) is 14.8.